The molecule has 0 aromatic carbocycles. The number of hydrogen-bond donors (Lipinski definition) is 1. The molecule has 0 bridgehead atoms. The molecule has 0 aromatic rings. The molecule has 0 amide bonds. The number of rotatable bonds is 1. The monoisotopic (exact) mass is 190 g/mol. The summed E-state index contributed by atoms with van der Waals surface area (Å²) in [6.45, 7) is 0. The highest BCUT2D eigenvalue weighted by Crippen LogP contribution is 2.42. The van der Waals surface area contributed by atoms with E-state index in [9.17, 15) is 8.42 Å². The van der Waals surface area contributed by atoms with Gasteiger partial charge in [0.25, 0.3) is 0 Å². The van der Waals surface area contributed by atoms with Crippen molar-refractivity contribution in [1.29, 1.82) is 0 Å². The topological polar surface area (TPSA) is 54.4 Å². The number of hydrogen-bond acceptors (Lipinski definition) is 3. The van der Waals surface area contributed by atoms with E-state index in [1.807, 2.05) is 0 Å². The average molecular weight is 190 g/mol. The molecule has 1 N–H and O–H groups in total. The minimum Gasteiger partial charge on any atom is -0.393 e. The van der Waals surface area contributed by atoms with E-state index in [1.54, 1.807) is 0 Å². The SMILES string of the molecule is O=S1(=O)CCC(C2CC2O)CC1. The average Bonchev–Trinajstić information content (AvgIpc) is 2.67. The Morgan fingerprint density at radius 2 is 1.67 bits per heavy atom. The molecule has 2 rings (SSSR count). The highest BCUT2D eigenvalue weighted by Gasteiger charge is 2.43. The van der Waals surface area contributed by atoms with Crippen LogP contribution in [0.4, 0.5) is 0 Å². The van der Waals surface area contributed by atoms with Gasteiger partial charge in [-0.15, -0.1) is 0 Å². The van der Waals surface area contributed by atoms with Gasteiger partial charge >= 0.3 is 0 Å². The third-order valence-electron chi connectivity index (χ3n) is 3.01. The molecule has 2 aliphatic rings. The Kier molecular flexibility index (Phi) is 1.92. The van der Waals surface area contributed by atoms with Crippen LogP contribution in [0.15, 0.2) is 0 Å². The molecule has 1 aliphatic carbocycles. The van der Waals surface area contributed by atoms with Gasteiger partial charge in [0, 0.05) is 0 Å². The molecule has 1 saturated carbocycles. The van der Waals surface area contributed by atoms with Crippen molar-refractivity contribution in [3.63, 3.8) is 0 Å². The summed E-state index contributed by atoms with van der Waals surface area (Å²) in [5.41, 5.74) is 0. The first-order chi connectivity index (χ1) is 5.58. The molecule has 3 nitrogen and oxygen atoms in total. The maximum absolute atomic E-state index is 11.1. The van der Waals surface area contributed by atoms with Crippen LogP contribution >= 0.6 is 0 Å². The second-order valence-corrected chi connectivity index (χ2v) is 6.26. The zero-order chi connectivity index (χ0) is 8.77. The van der Waals surface area contributed by atoms with Crippen molar-refractivity contribution in [2.24, 2.45) is 11.8 Å². The van der Waals surface area contributed by atoms with Crippen molar-refractivity contribution in [2.75, 3.05) is 11.5 Å². The Hall–Kier alpha value is -0.0900. The van der Waals surface area contributed by atoms with Gasteiger partial charge in [0.1, 0.15) is 9.84 Å². The van der Waals surface area contributed by atoms with Crippen LogP contribution in [0.3, 0.4) is 0 Å². The molecule has 0 aromatic heterocycles. The van der Waals surface area contributed by atoms with Gasteiger partial charge in [0.15, 0.2) is 0 Å². The lowest BCUT2D eigenvalue weighted by atomic mass is 9.97. The first kappa shape index (κ1) is 8.51. The molecule has 1 aliphatic heterocycles. The zero-order valence-corrected chi connectivity index (χ0v) is 7.76. The van der Waals surface area contributed by atoms with E-state index >= 15 is 0 Å². The van der Waals surface area contributed by atoms with Gasteiger partial charge in [0.05, 0.1) is 17.6 Å². The summed E-state index contributed by atoms with van der Waals surface area (Å²) in [6, 6.07) is 0. The van der Waals surface area contributed by atoms with E-state index in [4.69, 9.17) is 5.11 Å². The highest BCUT2D eigenvalue weighted by atomic mass is 32.2. The Balaban J connectivity index is 1.91. The standard InChI is InChI=1S/C8H14O3S/c9-8-5-7(8)6-1-3-12(10,11)4-2-6/h6-9H,1-5H2. The molecule has 2 atom stereocenters. The van der Waals surface area contributed by atoms with E-state index in [0.29, 0.717) is 23.3 Å². The van der Waals surface area contributed by atoms with E-state index < -0.39 is 9.84 Å². The van der Waals surface area contributed by atoms with Gasteiger partial charge in [-0.2, -0.15) is 0 Å². The van der Waals surface area contributed by atoms with Crippen LogP contribution < -0.4 is 0 Å². The second kappa shape index (κ2) is 2.70. The van der Waals surface area contributed by atoms with Crippen molar-refractivity contribution in [1.82, 2.24) is 0 Å². The zero-order valence-electron chi connectivity index (χ0n) is 6.94. The lowest BCUT2D eigenvalue weighted by molar-refractivity contribution is 0.232. The largest absolute Gasteiger partial charge is 0.393 e. The summed E-state index contributed by atoms with van der Waals surface area (Å²) in [5.74, 6) is 1.56. The molecule has 0 radical (unpaired) electrons. The quantitative estimate of drug-likeness (QED) is 0.642. The van der Waals surface area contributed by atoms with E-state index in [-0.39, 0.29) is 6.10 Å². The van der Waals surface area contributed by atoms with Crippen LogP contribution in [0, 0.1) is 11.8 Å². The Labute approximate surface area is 72.7 Å². The predicted molar refractivity (Wildman–Crippen MR) is 45.5 cm³/mol. The minimum atomic E-state index is -2.72. The first-order valence-corrected chi connectivity index (χ1v) is 6.29. The molecule has 2 unspecified atom stereocenters. The summed E-state index contributed by atoms with van der Waals surface area (Å²) < 4.78 is 22.1. The molecule has 2 fully saturated rings. The minimum absolute atomic E-state index is 0.129. The number of sulfone groups is 1. The third kappa shape index (κ3) is 1.64. The predicted octanol–water partition coefficient (Wildman–Crippen LogP) is 0.192. The number of aliphatic hydroxyl groups excluding tert-OH is 1. The highest BCUT2D eigenvalue weighted by molar-refractivity contribution is 7.91. The first-order valence-electron chi connectivity index (χ1n) is 4.47. The second-order valence-electron chi connectivity index (χ2n) is 3.96. The Bertz CT molecular complexity index is 256. The smallest absolute Gasteiger partial charge is 0.150 e. The fourth-order valence-corrected chi connectivity index (χ4v) is 3.57. The van der Waals surface area contributed by atoms with Crippen LogP contribution in [0.5, 0.6) is 0 Å². The molecule has 70 valence electrons. The van der Waals surface area contributed by atoms with Crippen LogP contribution in [0.2, 0.25) is 0 Å². The Morgan fingerprint density at radius 1 is 1.17 bits per heavy atom. The van der Waals surface area contributed by atoms with Crippen LogP contribution in [-0.4, -0.2) is 31.1 Å². The Morgan fingerprint density at radius 3 is 2.08 bits per heavy atom. The summed E-state index contributed by atoms with van der Waals surface area (Å²) in [7, 11) is -2.72. The molecular weight excluding hydrogens is 176 g/mol. The molecular formula is C8H14O3S. The van der Waals surface area contributed by atoms with Crippen molar-refractivity contribution in [3.05, 3.63) is 0 Å². The van der Waals surface area contributed by atoms with Gasteiger partial charge in [-0.25, -0.2) is 8.42 Å². The molecule has 1 heterocycles. The van der Waals surface area contributed by atoms with Crippen molar-refractivity contribution in [2.45, 2.75) is 25.4 Å². The maximum Gasteiger partial charge on any atom is 0.150 e. The van der Waals surface area contributed by atoms with Gasteiger partial charge in [0.2, 0.25) is 0 Å². The summed E-state index contributed by atoms with van der Waals surface area (Å²) >= 11 is 0. The van der Waals surface area contributed by atoms with E-state index in [0.717, 1.165) is 19.3 Å². The fraction of sp³-hybridized carbons (Fsp3) is 1.00. The number of aliphatic hydroxyl groups is 1. The van der Waals surface area contributed by atoms with Gasteiger partial charge in [-0.1, -0.05) is 0 Å². The fourth-order valence-electron chi connectivity index (χ4n) is 2.04. The van der Waals surface area contributed by atoms with Crippen molar-refractivity contribution >= 4 is 9.84 Å². The molecule has 12 heavy (non-hydrogen) atoms. The van der Waals surface area contributed by atoms with Gasteiger partial charge < -0.3 is 5.11 Å². The van der Waals surface area contributed by atoms with Crippen LogP contribution in [0.25, 0.3) is 0 Å². The molecule has 0 spiro atoms. The summed E-state index contributed by atoms with van der Waals surface area (Å²) in [4.78, 5) is 0. The van der Waals surface area contributed by atoms with Crippen molar-refractivity contribution in [3.8, 4) is 0 Å². The van der Waals surface area contributed by atoms with Gasteiger partial charge in [-0.3, -0.25) is 0 Å². The lowest BCUT2D eigenvalue weighted by Crippen LogP contribution is -2.25. The molecule has 1 saturated heterocycles. The third-order valence-corrected chi connectivity index (χ3v) is 4.72. The van der Waals surface area contributed by atoms with E-state index in [2.05, 4.69) is 0 Å². The summed E-state index contributed by atoms with van der Waals surface area (Å²) in [5, 5.41) is 9.16. The van der Waals surface area contributed by atoms with Crippen molar-refractivity contribution < 1.29 is 13.5 Å². The maximum atomic E-state index is 11.1. The lowest BCUT2D eigenvalue weighted by Gasteiger charge is -2.21. The van der Waals surface area contributed by atoms with E-state index in [1.165, 1.54) is 0 Å². The van der Waals surface area contributed by atoms with Crippen LogP contribution in [0.1, 0.15) is 19.3 Å². The van der Waals surface area contributed by atoms with Crippen LogP contribution in [-0.2, 0) is 9.84 Å². The van der Waals surface area contributed by atoms with Gasteiger partial charge in [-0.05, 0) is 31.1 Å². The normalized spacial score (nSPS) is 41.1. The summed E-state index contributed by atoms with van der Waals surface area (Å²) in [6.07, 6.45) is 2.30. The molecule has 4 heteroatoms.